The second kappa shape index (κ2) is 10.6. The van der Waals surface area contributed by atoms with Gasteiger partial charge in [-0.1, -0.05) is 110 Å². The highest BCUT2D eigenvalue weighted by molar-refractivity contribution is 6.09. The number of carbonyl (C=O) groups excluding carboxylic acids is 1. The largest absolute Gasteiger partial charge is 0.294 e. The van der Waals surface area contributed by atoms with Gasteiger partial charge in [-0.15, -0.1) is 0 Å². The number of carbonyl (C=O) groups is 1. The van der Waals surface area contributed by atoms with Gasteiger partial charge < -0.3 is 0 Å². The van der Waals surface area contributed by atoms with Gasteiger partial charge in [0, 0.05) is 11.5 Å². The van der Waals surface area contributed by atoms with Crippen LogP contribution >= 0.6 is 0 Å². The van der Waals surface area contributed by atoms with Gasteiger partial charge in [-0.05, 0) is 66.0 Å². The Bertz CT molecular complexity index is 1210. The van der Waals surface area contributed by atoms with Crippen LogP contribution in [0.2, 0.25) is 0 Å². The van der Waals surface area contributed by atoms with Crippen molar-refractivity contribution in [3.63, 3.8) is 0 Å². The molecule has 0 aliphatic heterocycles. The predicted octanol–water partition coefficient (Wildman–Crippen LogP) is 8.02. The average molecular weight is 435 g/mol. The molecule has 0 spiro atoms. The smallest absolute Gasteiger partial charge is 0.167 e. The molecule has 0 aromatic heterocycles. The number of benzene rings is 4. The van der Waals surface area contributed by atoms with Gasteiger partial charge in [-0.2, -0.15) is 0 Å². The van der Waals surface area contributed by atoms with Crippen LogP contribution in [0.3, 0.4) is 0 Å². The molecule has 0 saturated heterocycles. The molecule has 0 fully saturated rings. The monoisotopic (exact) mass is 434 g/mol. The van der Waals surface area contributed by atoms with Gasteiger partial charge in [-0.3, -0.25) is 4.79 Å². The van der Waals surface area contributed by atoms with Crippen molar-refractivity contribution in [2.75, 3.05) is 0 Å². The Hall–Kier alpha value is -3.19. The van der Waals surface area contributed by atoms with Crippen molar-refractivity contribution in [2.45, 2.75) is 46.5 Å². The van der Waals surface area contributed by atoms with Crippen LogP contribution in [-0.4, -0.2) is 5.78 Å². The van der Waals surface area contributed by atoms with E-state index in [9.17, 15) is 4.79 Å². The number of ketones is 1. The van der Waals surface area contributed by atoms with Crippen molar-refractivity contribution in [1.29, 1.82) is 0 Å². The van der Waals surface area contributed by atoms with E-state index in [0.29, 0.717) is 11.7 Å². The maximum atomic E-state index is 14.0. The molecule has 1 heteroatoms. The SMILES string of the molecule is CC.Cc1ccc(CC(C(=O)c2cccc3ccccc23)C2CCc3ccccc3C2)cc1. The molecule has 0 radical (unpaired) electrons. The summed E-state index contributed by atoms with van der Waals surface area (Å²) in [6.07, 6.45) is 3.93. The van der Waals surface area contributed by atoms with Crippen molar-refractivity contribution in [3.8, 4) is 0 Å². The number of hydrogen-bond donors (Lipinski definition) is 0. The molecule has 1 aliphatic carbocycles. The first kappa shape index (κ1) is 23.0. The normalized spacial score (nSPS) is 15.8. The van der Waals surface area contributed by atoms with E-state index in [1.54, 1.807) is 0 Å². The average Bonchev–Trinajstić information content (AvgIpc) is 2.88. The van der Waals surface area contributed by atoms with Crippen molar-refractivity contribution in [2.24, 2.45) is 11.8 Å². The molecule has 4 aromatic carbocycles. The maximum absolute atomic E-state index is 14.0. The van der Waals surface area contributed by atoms with E-state index < -0.39 is 0 Å². The molecule has 0 N–H and O–H groups in total. The molecule has 2 unspecified atom stereocenters. The molecule has 0 bridgehead atoms. The Kier molecular flexibility index (Phi) is 7.40. The molecule has 0 saturated carbocycles. The van der Waals surface area contributed by atoms with Crippen LogP contribution in [-0.2, 0) is 19.3 Å². The summed E-state index contributed by atoms with van der Waals surface area (Å²) in [4.78, 5) is 14.0. The Morgan fingerprint density at radius 2 is 1.48 bits per heavy atom. The van der Waals surface area contributed by atoms with Crippen molar-refractivity contribution >= 4 is 16.6 Å². The van der Waals surface area contributed by atoms with Gasteiger partial charge in [0.25, 0.3) is 0 Å². The second-order valence-corrected chi connectivity index (χ2v) is 8.96. The van der Waals surface area contributed by atoms with Crippen molar-refractivity contribution < 1.29 is 4.79 Å². The summed E-state index contributed by atoms with van der Waals surface area (Å²) in [5.41, 5.74) is 6.24. The van der Waals surface area contributed by atoms with Gasteiger partial charge in [0.1, 0.15) is 0 Å². The van der Waals surface area contributed by atoms with E-state index in [1.165, 1.54) is 22.3 Å². The summed E-state index contributed by atoms with van der Waals surface area (Å²) >= 11 is 0. The van der Waals surface area contributed by atoms with Gasteiger partial charge in [0.2, 0.25) is 0 Å². The lowest BCUT2D eigenvalue weighted by molar-refractivity contribution is 0.0862. The van der Waals surface area contributed by atoms with Crippen LogP contribution in [0.25, 0.3) is 10.8 Å². The molecule has 5 rings (SSSR count). The second-order valence-electron chi connectivity index (χ2n) is 8.96. The van der Waals surface area contributed by atoms with E-state index in [2.05, 4.69) is 73.7 Å². The van der Waals surface area contributed by atoms with Crippen LogP contribution in [0.1, 0.15) is 52.9 Å². The predicted molar refractivity (Wildman–Crippen MR) is 140 cm³/mol. The Balaban J connectivity index is 0.00000126. The van der Waals surface area contributed by atoms with E-state index in [-0.39, 0.29) is 5.92 Å². The first-order chi connectivity index (χ1) is 16.2. The van der Waals surface area contributed by atoms with E-state index in [1.807, 2.05) is 38.1 Å². The first-order valence-corrected chi connectivity index (χ1v) is 12.3. The zero-order valence-corrected chi connectivity index (χ0v) is 20.1. The van der Waals surface area contributed by atoms with Gasteiger partial charge in [0.15, 0.2) is 5.78 Å². The zero-order valence-electron chi connectivity index (χ0n) is 20.1. The molecular weight excluding hydrogens is 400 g/mol. The summed E-state index contributed by atoms with van der Waals surface area (Å²) in [5, 5.41) is 2.21. The molecular formula is C32H34O. The molecule has 0 amide bonds. The van der Waals surface area contributed by atoms with Gasteiger partial charge in [0.05, 0.1) is 0 Å². The standard InChI is InChI=1S/C30H28O.C2H6/c1-21-13-15-22(16-14-21)19-29(26-18-17-23-7-2-3-9-25(23)20-26)30(31)28-12-6-10-24-8-4-5-11-27(24)28;1-2/h2-16,26,29H,17-20H2,1H3;1-2H3. The number of hydrogen-bond acceptors (Lipinski definition) is 1. The zero-order chi connectivity index (χ0) is 23.2. The lowest BCUT2D eigenvalue weighted by atomic mass is 9.72. The molecule has 2 atom stereocenters. The highest BCUT2D eigenvalue weighted by Gasteiger charge is 2.32. The molecule has 168 valence electrons. The Morgan fingerprint density at radius 1 is 0.818 bits per heavy atom. The summed E-state index contributed by atoms with van der Waals surface area (Å²) in [5.74, 6) is 0.645. The Morgan fingerprint density at radius 3 is 2.27 bits per heavy atom. The highest BCUT2D eigenvalue weighted by atomic mass is 16.1. The van der Waals surface area contributed by atoms with Gasteiger partial charge >= 0.3 is 0 Å². The lowest BCUT2D eigenvalue weighted by Gasteiger charge is -2.31. The summed E-state index contributed by atoms with van der Waals surface area (Å²) in [6.45, 7) is 6.11. The molecule has 4 aromatic rings. The minimum Gasteiger partial charge on any atom is -0.294 e. The first-order valence-electron chi connectivity index (χ1n) is 12.3. The topological polar surface area (TPSA) is 17.1 Å². The van der Waals surface area contributed by atoms with Crippen LogP contribution in [0.4, 0.5) is 0 Å². The third-order valence-corrected chi connectivity index (χ3v) is 6.92. The molecule has 1 nitrogen and oxygen atoms in total. The number of fused-ring (bicyclic) bond motifs is 2. The summed E-state index contributed by atoms with van der Waals surface area (Å²) < 4.78 is 0. The minimum absolute atomic E-state index is 0.0122. The number of rotatable bonds is 5. The fourth-order valence-electron chi connectivity index (χ4n) is 5.16. The van der Waals surface area contributed by atoms with Gasteiger partial charge in [-0.25, -0.2) is 0 Å². The number of Topliss-reactive ketones (excluding diaryl/α,β-unsaturated/α-hetero) is 1. The summed E-state index contributed by atoms with van der Waals surface area (Å²) in [7, 11) is 0. The van der Waals surface area contributed by atoms with Crippen molar-refractivity contribution in [1.82, 2.24) is 0 Å². The van der Waals surface area contributed by atoms with E-state index in [0.717, 1.165) is 42.0 Å². The third-order valence-electron chi connectivity index (χ3n) is 6.92. The van der Waals surface area contributed by atoms with Crippen molar-refractivity contribution in [3.05, 3.63) is 119 Å². The fourth-order valence-corrected chi connectivity index (χ4v) is 5.16. The fraction of sp³-hybridized carbons (Fsp3) is 0.281. The van der Waals surface area contributed by atoms with Crippen LogP contribution in [0, 0.1) is 18.8 Å². The molecule has 1 aliphatic rings. The minimum atomic E-state index is -0.0122. The lowest BCUT2D eigenvalue weighted by Crippen LogP contribution is -2.30. The van der Waals surface area contributed by atoms with E-state index in [4.69, 9.17) is 0 Å². The van der Waals surface area contributed by atoms with Crippen LogP contribution in [0.5, 0.6) is 0 Å². The third kappa shape index (κ3) is 5.09. The quantitative estimate of drug-likeness (QED) is 0.291. The molecule has 33 heavy (non-hydrogen) atoms. The van der Waals surface area contributed by atoms with E-state index >= 15 is 0 Å². The highest BCUT2D eigenvalue weighted by Crippen LogP contribution is 2.35. The summed E-state index contributed by atoms with van der Waals surface area (Å²) in [6, 6.07) is 31.8. The maximum Gasteiger partial charge on any atom is 0.167 e. The molecule has 0 heterocycles. The van der Waals surface area contributed by atoms with Crippen LogP contribution < -0.4 is 0 Å². The van der Waals surface area contributed by atoms with Crippen LogP contribution in [0.15, 0.2) is 91.0 Å². The number of aryl methyl sites for hydroxylation is 2. The Labute approximate surface area is 198 Å².